The van der Waals surface area contributed by atoms with Crippen molar-refractivity contribution in [1.29, 1.82) is 0 Å². The Kier molecular flexibility index (Phi) is 6.22. The molecule has 2 rings (SSSR count). The Morgan fingerprint density at radius 1 is 1.15 bits per heavy atom. The van der Waals surface area contributed by atoms with Crippen molar-refractivity contribution in [2.75, 3.05) is 19.9 Å². The smallest absolute Gasteiger partial charge is 0.335 e. The Morgan fingerprint density at radius 3 is 2.44 bits per heavy atom. The van der Waals surface area contributed by atoms with Crippen molar-refractivity contribution in [1.82, 2.24) is 5.32 Å². The molecule has 2 N–H and O–H groups in total. The first-order valence-corrected chi connectivity index (χ1v) is 10.0. The second-order valence-corrected chi connectivity index (χ2v) is 8.10. The summed E-state index contributed by atoms with van der Waals surface area (Å²) in [7, 11) is -1.96. The first-order valence-electron chi connectivity index (χ1n) is 8.12. The minimum atomic E-state index is -3.40. The van der Waals surface area contributed by atoms with Crippen LogP contribution in [-0.4, -0.2) is 45.3 Å². The lowest BCUT2D eigenvalue weighted by atomic mass is 10.1. The van der Waals surface area contributed by atoms with Crippen molar-refractivity contribution < 1.29 is 27.9 Å². The van der Waals surface area contributed by atoms with Crippen LogP contribution in [0, 0.1) is 6.92 Å². The monoisotopic (exact) mass is 391 g/mol. The van der Waals surface area contributed by atoms with E-state index in [2.05, 4.69) is 5.32 Å². The fourth-order valence-corrected chi connectivity index (χ4v) is 3.21. The molecule has 0 saturated carbocycles. The average Bonchev–Trinajstić information content (AvgIpc) is 2.60. The maximum absolute atomic E-state index is 12.4. The van der Waals surface area contributed by atoms with E-state index in [0.29, 0.717) is 23.3 Å². The molecule has 0 radical (unpaired) electrons. The van der Waals surface area contributed by atoms with E-state index in [0.717, 1.165) is 11.8 Å². The Balaban J connectivity index is 2.10. The number of amides is 1. The minimum absolute atomic E-state index is 0.0872. The number of hydrogen-bond acceptors (Lipinski definition) is 5. The van der Waals surface area contributed by atoms with Crippen LogP contribution in [0.5, 0.6) is 5.75 Å². The highest BCUT2D eigenvalue weighted by atomic mass is 32.2. The van der Waals surface area contributed by atoms with Gasteiger partial charge in [0.05, 0.1) is 17.6 Å². The summed E-state index contributed by atoms with van der Waals surface area (Å²) in [6.07, 6.45) is 1.52. The highest BCUT2D eigenvalue weighted by molar-refractivity contribution is 7.90. The second-order valence-electron chi connectivity index (χ2n) is 6.09. The third kappa shape index (κ3) is 5.07. The Labute approximate surface area is 157 Å². The molecule has 0 heterocycles. The van der Waals surface area contributed by atoms with E-state index in [-0.39, 0.29) is 22.9 Å². The zero-order valence-electron chi connectivity index (χ0n) is 15.3. The van der Waals surface area contributed by atoms with Gasteiger partial charge in [-0.15, -0.1) is 0 Å². The number of nitrogens with one attached hydrogen (secondary N) is 1. The van der Waals surface area contributed by atoms with Crippen LogP contribution in [0.2, 0.25) is 0 Å². The molecule has 0 unspecified atom stereocenters. The summed E-state index contributed by atoms with van der Waals surface area (Å²) in [5, 5.41) is 11.8. The molecule has 2 aromatic rings. The normalized spacial score (nSPS) is 11.1. The van der Waals surface area contributed by atoms with Gasteiger partial charge in [0.25, 0.3) is 5.91 Å². The van der Waals surface area contributed by atoms with Crippen molar-refractivity contribution in [2.24, 2.45) is 0 Å². The molecule has 27 heavy (non-hydrogen) atoms. The van der Waals surface area contributed by atoms with E-state index in [9.17, 15) is 18.0 Å². The van der Waals surface area contributed by atoms with E-state index in [4.69, 9.17) is 9.84 Å². The van der Waals surface area contributed by atoms with E-state index in [1.54, 1.807) is 19.1 Å². The quantitative estimate of drug-likeness (QED) is 0.748. The van der Waals surface area contributed by atoms with Gasteiger partial charge in [-0.2, -0.15) is 0 Å². The van der Waals surface area contributed by atoms with Gasteiger partial charge in [-0.05, 0) is 48.7 Å². The third-order valence-electron chi connectivity index (χ3n) is 4.10. The van der Waals surface area contributed by atoms with Crippen LogP contribution >= 0.6 is 0 Å². The van der Waals surface area contributed by atoms with E-state index >= 15 is 0 Å². The van der Waals surface area contributed by atoms with Gasteiger partial charge in [0, 0.05) is 18.4 Å². The average molecular weight is 391 g/mol. The van der Waals surface area contributed by atoms with Gasteiger partial charge in [-0.3, -0.25) is 4.79 Å². The van der Waals surface area contributed by atoms with Crippen LogP contribution in [0.4, 0.5) is 0 Å². The van der Waals surface area contributed by atoms with Gasteiger partial charge in [-0.25, -0.2) is 13.2 Å². The molecule has 144 valence electrons. The summed E-state index contributed by atoms with van der Waals surface area (Å²) in [6.45, 7) is 2.01. The molecule has 0 aliphatic heterocycles. The molecule has 0 aromatic heterocycles. The van der Waals surface area contributed by atoms with Gasteiger partial charge >= 0.3 is 5.97 Å². The van der Waals surface area contributed by atoms with Gasteiger partial charge in [-0.1, -0.05) is 12.1 Å². The van der Waals surface area contributed by atoms with E-state index in [1.807, 2.05) is 0 Å². The zero-order chi connectivity index (χ0) is 20.2. The summed E-state index contributed by atoms with van der Waals surface area (Å²) < 4.78 is 28.6. The van der Waals surface area contributed by atoms with Gasteiger partial charge < -0.3 is 15.2 Å². The van der Waals surface area contributed by atoms with Crippen LogP contribution < -0.4 is 10.1 Å². The molecule has 7 nitrogen and oxygen atoms in total. The first kappa shape index (κ1) is 20.4. The molecule has 0 spiro atoms. The van der Waals surface area contributed by atoms with Crippen molar-refractivity contribution in [3.05, 3.63) is 58.7 Å². The second kappa shape index (κ2) is 8.22. The van der Waals surface area contributed by atoms with E-state index in [1.165, 1.54) is 31.4 Å². The van der Waals surface area contributed by atoms with Crippen LogP contribution in [-0.2, 0) is 16.3 Å². The van der Waals surface area contributed by atoms with Crippen LogP contribution in [0.15, 0.2) is 41.3 Å². The molecule has 0 bridgehead atoms. The van der Waals surface area contributed by atoms with Crippen molar-refractivity contribution >= 4 is 21.7 Å². The Hall–Kier alpha value is -2.87. The lowest BCUT2D eigenvalue weighted by Gasteiger charge is -2.12. The number of aryl methyl sites for hydroxylation is 1. The van der Waals surface area contributed by atoms with E-state index < -0.39 is 15.8 Å². The van der Waals surface area contributed by atoms with Gasteiger partial charge in [0.1, 0.15) is 5.75 Å². The molecule has 0 aliphatic carbocycles. The lowest BCUT2D eigenvalue weighted by molar-refractivity contribution is 0.0696. The molecule has 0 fully saturated rings. The fourth-order valence-electron chi connectivity index (χ4n) is 2.57. The highest BCUT2D eigenvalue weighted by Gasteiger charge is 2.15. The number of ether oxygens (including phenoxy) is 1. The third-order valence-corrected chi connectivity index (χ3v) is 5.21. The van der Waals surface area contributed by atoms with Crippen LogP contribution in [0.3, 0.4) is 0 Å². The van der Waals surface area contributed by atoms with Gasteiger partial charge in [0.2, 0.25) is 0 Å². The zero-order valence-corrected chi connectivity index (χ0v) is 16.1. The number of benzene rings is 2. The van der Waals surface area contributed by atoms with Crippen molar-refractivity contribution in [3.63, 3.8) is 0 Å². The standard InChI is InChI=1S/C19H21NO6S/c1-12-4-7-15(27(3,24)25)11-16(12)18(21)20-9-8-13-5-6-14(19(22)23)10-17(13)26-2/h4-7,10-11H,8-9H2,1-3H3,(H,20,21)(H,22,23). The number of carbonyl (C=O) groups is 2. The number of rotatable bonds is 7. The maximum atomic E-state index is 12.4. The topological polar surface area (TPSA) is 110 Å². The first-order chi connectivity index (χ1) is 12.6. The summed E-state index contributed by atoms with van der Waals surface area (Å²) in [6, 6.07) is 8.97. The predicted molar refractivity (Wildman–Crippen MR) is 100 cm³/mol. The predicted octanol–water partition coefficient (Wildman–Crippen LogP) is 2.08. The summed E-state index contributed by atoms with van der Waals surface area (Å²) in [4.78, 5) is 23.5. The van der Waals surface area contributed by atoms with Crippen molar-refractivity contribution in [3.8, 4) is 5.75 Å². The van der Waals surface area contributed by atoms with Crippen LogP contribution in [0.1, 0.15) is 31.8 Å². The number of hydrogen-bond donors (Lipinski definition) is 2. The molecular weight excluding hydrogens is 370 g/mol. The number of carboxylic acids is 1. The van der Waals surface area contributed by atoms with Gasteiger partial charge in [0.15, 0.2) is 9.84 Å². The summed E-state index contributed by atoms with van der Waals surface area (Å²) >= 11 is 0. The number of sulfone groups is 1. The number of aromatic carboxylic acids is 1. The molecule has 0 saturated heterocycles. The Bertz CT molecular complexity index is 982. The van der Waals surface area contributed by atoms with Crippen molar-refractivity contribution in [2.45, 2.75) is 18.2 Å². The van der Waals surface area contributed by atoms with Crippen LogP contribution in [0.25, 0.3) is 0 Å². The maximum Gasteiger partial charge on any atom is 0.335 e. The molecule has 1 amide bonds. The summed E-state index contributed by atoms with van der Waals surface area (Å²) in [5.41, 5.74) is 1.84. The number of carboxylic acid groups (broad SMARTS) is 1. The minimum Gasteiger partial charge on any atom is -0.496 e. The number of carbonyl (C=O) groups excluding carboxylic acids is 1. The largest absolute Gasteiger partial charge is 0.496 e. The molecular formula is C19H21NO6S. The molecule has 0 atom stereocenters. The fraction of sp³-hybridized carbons (Fsp3) is 0.263. The number of methoxy groups -OCH3 is 1. The summed E-state index contributed by atoms with van der Waals surface area (Å²) in [5.74, 6) is -0.993. The highest BCUT2D eigenvalue weighted by Crippen LogP contribution is 2.21. The Morgan fingerprint density at radius 2 is 1.85 bits per heavy atom. The molecule has 2 aromatic carbocycles. The molecule has 0 aliphatic rings. The lowest BCUT2D eigenvalue weighted by Crippen LogP contribution is -2.26. The molecule has 8 heteroatoms. The SMILES string of the molecule is COc1cc(C(=O)O)ccc1CCNC(=O)c1cc(S(C)(=O)=O)ccc1C.